The zero-order chi connectivity index (χ0) is 14.4. The number of nitrogens with one attached hydrogen (secondary N) is 1. The molecule has 2 aromatic rings. The largest absolute Gasteiger partial charge is 0.492 e. The Morgan fingerprint density at radius 2 is 2.05 bits per heavy atom. The SMILES string of the molecule is CS(=O)(=O)CCNCCOc1cccc2ncccc12. The summed E-state index contributed by atoms with van der Waals surface area (Å²) in [6, 6.07) is 9.59. The van der Waals surface area contributed by atoms with Gasteiger partial charge in [-0.05, 0) is 24.3 Å². The van der Waals surface area contributed by atoms with Gasteiger partial charge in [0.25, 0.3) is 0 Å². The highest BCUT2D eigenvalue weighted by molar-refractivity contribution is 7.90. The Morgan fingerprint density at radius 1 is 1.20 bits per heavy atom. The highest BCUT2D eigenvalue weighted by Crippen LogP contribution is 2.23. The fraction of sp³-hybridized carbons (Fsp3) is 0.357. The Kier molecular flexibility index (Phi) is 4.92. The third-order valence-corrected chi connectivity index (χ3v) is 3.74. The summed E-state index contributed by atoms with van der Waals surface area (Å²) in [6.45, 7) is 1.53. The van der Waals surface area contributed by atoms with Gasteiger partial charge in [0.1, 0.15) is 22.2 Å². The van der Waals surface area contributed by atoms with Crippen LogP contribution in [-0.4, -0.2) is 45.1 Å². The van der Waals surface area contributed by atoms with Crippen LogP contribution < -0.4 is 10.1 Å². The minimum absolute atomic E-state index is 0.144. The van der Waals surface area contributed by atoms with Crippen molar-refractivity contribution in [2.45, 2.75) is 0 Å². The molecule has 0 atom stereocenters. The van der Waals surface area contributed by atoms with Crippen LogP contribution in [0.15, 0.2) is 36.5 Å². The van der Waals surface area contributed by atoms with Crippen LogP contribution in [0.1, 0.15) is 0 Å². The zero-order valence-electron chi connectivity index (χ0n) is 11.4. The van der Waals surface area contributed by atoms with E-state index in [4.69, 9.17) is 4.74 Å². The van der Waals surface area contributed by atoms with Crippen LogP contribution in [0, 0.1) is 0 Å². The number of hydrogen-bond acceptors (Lipinski definition) is 5. The molecule has 0 aliphatic carbocycles. The van der Waals surface area contributed by atoms with Gasteiger partial charge in [-0.25, -0.2) is 8.42 Å². The van der Waals surface area contributed by atoms with Gasteiger partial charge in [-0.1, -0.05) is 6.07 Å². The molecule has 0 fully saturated rings. The highest BCUT2D eigenvalue weighted by atomic mass is 32.2. The topological polar surface area (TPSA) is 68.3 Å². The van der Waals surface area contributed by atoms with Gasteiger partial charge >= 0.3 is 0 Å². The van der Waals surface area contributed by atoms with Crippen LogP contribution in [-0.2, 0) is 9.84 Å². The van der Waals surface area contributed by atoms with Gasteiger partial charge in [0.2, 0.25) is 0 Å². The summed E-state index contributed by atoms with van der Waals surface area (Å²) in [5.41, 5.74) is 0.898. The lowest BCUT2D eigenvalue weighted by atomic mass is 10.2. The molecule has 0 bridgehead atoms. The normalized spacial score (nSPS) is 11.7. The van der Waals surface area contributed by atoms with Crippen molar-refractivity contribution in [3.05, 3.63) is 36.5 Å². The first-order valence-electron chi connectivity index (χ1n) is 6.41. The Balaban J connectivity index is 1.82. The van der Waals surface area contributed by atoms with Crippen LogP contribution in [0.5, 0.6) is 5.75 Å². The Labute approximate surface area is 118 Å². The van der Waals surface area contributed by atoms with Gasteiger partial charge in [0, 0.05) is 30.9 Å². The van der Waals surface area contributed by atoms with Crippen molar-refractivity contribution >= 4 is 20.7 Å². The maximum Gasteiger partial charge on any atom is 0.148 e. The van der Waals surface area contributed by atoms with Crippen LogP contribution in [0.25, 0.3) is 10.9 Å². The summed E-state index contributed by atoms with van der Waals surface area (Å²) in [4.78, 5) is 4.26. The predicted molar refractivity (Wildman–Crippen MR) is 79.8 cm³/mol. The van der Waals surface area contributed by atoms with Crippen molar-refractivity contribution in [3.8, 4) is 5.75 Å². The standard InChI is InChI=1S/C14H18N2O3S/c1-20(17,18)11-9-15-8-10-19-14-6-2-5-13-12(14)4-3-7-16-13/h2-7,15H,8-11H2,1H3. The summed E-state index contributed by atoms with van der Waals surface area (Å²) in [6.07, 6.45) is 2.98. The molecule has 1 aromatic heterocycles. The second kappa shape index (κ2) is 6.67. The summed E-state index contributed by atoms with van der Waals surface area (Å²) in [7, 11) is -2.90. The molecule has 1 heterocycles. The number of benzene rings is 1. The average Bonchev–Trinajstić information content (AvgIpc) is 2.41. The van der Waals surface area contributed by atoms with Crippen molar-refractivity contribution in [2.24, 2.45) is 0 Å². The van der Waals surface area contributed by atoms with Crippen LogP contribution in [0.4, 0.5) is 0 Å². The smallest absolute Gasteiger partial charge is 0.148 e. The van der Waals surface area contributed by atoms with Gasteiger partial charge in [-0.3, -0.25) is 4.98 Å². The van der Waals surface area contributed by atoms with E-state index in [-0.39, 0.29) is 5.75 Å². The van der Waals surface area contributed by atoms with E-state index in [2.05, 4.69) is 10.3 Å². The van der Waals surface area contributed by atoms with Gasteiger partial charge in [0.05, 0.1) is 11.3 Å². The predicted octanol–water partition coefficient (Wildman–Crippen LogP) is 1.25. The monoisotopic (exact) mass is 294 g/mol. The van der Waals surface area contributed by atoms with Crippen molar-refractivity contribution < 1.29 is 13.2 Å². The number of sulfone groups is 1. The number of hydrogen-bond donors (Lipinski definition) is 1. The number of ether oxygens (including phenoxy) is 1. The summed E-state index contributed by atoms with van der Waals surface area (Å²) in [5.74, 6) is 0.936. The molecule has 0 aliphatic rings. The quantitative estimate of drug-likeness (QED) is 0.778. The Hall–Kier alpha value is -1.66. The molecule has 6 heteroatoms. The lowest BCUT2D eigenvalue weighted by Crippen LogP contribution is -2.26. The Morgan fingerprint density at radius 3 is 2.85 bits per heavy atom. The number of aromatic nitrogens is 1. The summed E-state index contributed by atoms with van der Waals surface area (Å²) in [5, 5.41) is 4.02. The molecule has 1 aromatic carbocycles. The number of fused-ring (bicyclic) bond motifs is 1. The number of rotatable bonds is 7. The fourth-order valence-electron chi connectivity index (χ4n) is 1.82. The minimum atomic E-state index is -2.90. The van der Waals surface area contributed by atoms with Gasteiger partial charge in [-0.15, -0.1) is 0 Å². The molecule has 0 radical (unpaired) electrons. The van der Waals surface area contributed by atoms with E-state index < -0.39 is 9.84 Å². The van der Waals surface area contributed by atoms with E-state index in [1.807, 2.05) is 30.3 Å². The molecular weight excluding hydrogens is 276 g/mol. The van der Waals surface area contributed by atoms with Gasteiger partial charge < -0.3 is 10.1 Å². The van der Waals surface area contributed by atoms with E-state index in [0.29, 0.717) is 19.7 Å². The molecular formula is C14H18N2O3S. The van der Waals surface area contributed by atoms with Crippen LogP contribution in [0.3, 0.4) is 0 Å². The fourth-order valence-corrected chi connectivity index (χ4v) is 2.33. The molecule has 1 N–H and O–H groups in total. The maximum atomic E-state index is 11.0. The number of nitrogens with zero attached hydrogens (tertiary/aromatic N) is 1. The number of pyridine rings is 1. The van der Waals surface area contributed by atoms with E-state index in [0.717, 1.165) is 16.7 Å². The molecule has 0 saturated carbocycles. The van der Waals surface area contributed by atoms with Crippen molar-refractivity contribution in [1.29, 1.82) is 0 Å². The van der Waals surface area contributed by atoms with E-state index in [1.54, 1.807) is 6.20 Å². The summed E-state index contributed by atoms with van der Waals surface area (Å²) >= 11 is 0. The molecule has 0 spiro atoms. The average molecular weight is 294 g/mol. The molecule has 20 heavy (non-hydrogen) atoms. The Bertz CT molecular complexity index is 666. The first-order valence-corrected chi connectivity index (χ1v) is 8.47. The molecule has 0 amide bonds. The lowest BCUT2D eigenvalue weighted by Gasteiger charge is -2.09. The molecule has 0 aliphatic heterocycles. The second-order valence-electron chi connectivity index (χ2n) is 4.55. The van der Waals surface area contributed by atoms with E-state index >= 15 is 0 Å². The molecule has 2 rings (SSSR count). The first-order chi connectivity index (χ1) is 9.56. The third kappa shape index (κ3) is 4.47. The first kappa shape index (κ1) is 14.7. The van der Waals surface area contributed by atoms with Gasteiger partial charge in [0.15, 0.2) is 0 Å². The molecule has 0 saturated heterocycles. The third-order valence-electron chi connectivity index (χ3n) is 2.79. The van der Waals surface area contributed by atoms with Crippen molar-refractivity contribution in [1.82, 2.24) is 10.3 Å². The highest BCUT2D eigenvalue weighted by Gasteiger charge is 2.02. The van der Waals surface area contributed by atoms with E-state index in [9.17, 15) is 8.42 Å². The second-order valence-corrected chi connectivity index (χ2v) is 6.81. The van der Waals surface area contributed by atoms with Crippen LogP contribution in [0.2, 0.25) is 0 Å². The maximum absolute atomic E-state index is 11.0. The van der Waals surface area contributed by atoms with Crippen LogP contribution >= 0.6 is 0 Å². The van der Waals surface area contributed by atoms with Crippen molar-refractivity contribution in [2.75, 3.05) is 31.7 Å². The molecule has 5 nitrogen and oxygen atoms in total. The van der Waals surface area contributed by atoms with E-state index in [1.165, 1.54) is 6.26 Å². The minimum Gasteiger partial charge on any atom is -0.492 e. The summed E-state index contributed by atoms with van der Waals surface area (Å²) < 4.78 is 27.6. The molecule has 0 unspecified atom stereocenters. The van der Waals surface area contributed by atoms with Gasteiger partial charge in [-0.2, -0.15) is 0 Å². The van der Waals surface area contributed by atoms with Crippen molar-refractivity contribution in [3.63, 3.8) is 0 Å². The lowest BCUT2D eigenvalue weighted by molar-refractivity contribution is 0.319. The zero-order valence-corrected chi connectivity index (χ0v) is 12.2. The molecule has 108 valence electrons.